The van der Waals surface area contributed by atoms with Crippen LogP contribution < -0.4 is 5.43 Å². The van der Waals surface area contributed by atoms with Crippen molar-refractivity contribution in [3.63, 3.8) is 0 Å². The van der Waals surface area contributed by atoms with Crippen LogP contribution in [-0.2, 0) is 0 Å². The molecule has 116 valence electrons. The smallest absolute Gasteiger partial charge is 0.168 e. The first kappa shape index (κ1) is 14.8. The van der Waals surface area contributed by atoms with Crippen LogP contribution in [0, 0.1) is 13.8 Å². The van der Waals surface area contributed by atoms with Crippen molar-refractivity contribution in [2.75, 3.05) is 5.43 Å². The van der Waals surface area contributed by atoms with Gasteiger partial charge in [-0.05, 0) is 38.1 Å². The number of hydrogen-bond donors (Lipinski definition) is 3. The van der Waals surface area contributed by atoms with Gasteiger partial charge in [0.1, 0.15) is 11.5 Å². The van der Waals surface area contributed by atoms with E-state index in [1.807, 2.05) is 31.2 Å². The molecule has 0 aliphatic carbocycles. The third kappa shape index (κ3) is 2.91. The maximum Gasteiger partial charge on any atom is 0.168 e. The number of aromatic nitrogens is 2. The highest BCUT2D eigenvalue weighted by Gasteiger charge is 2.07. The lowest BCUT2D eigenvalue weighted by Gasteiger charge is -2.06. The Balaban J connectivity index is 1.86. The van der Waals surface area contributed by atoms with Gasteiger partial charge < -0.3 is 10.2 Å². The van der Waals surface area contributed by atoms with E-state index in [0.29, 0.717) is 16.9 Å². The topological polar surface area (TPSA) is 90.6 Å². The molecule has 0 fully saturated rings. The van der Waals surface area contributed by atoms with Crippen LogP contribution in [-0.4, -0.2) is 26.4 Å². The number of para-hydroxylation sites is 2. The summed E-state index contributed by atoms with van der Waals surface area (Å²) in [7, 11) is 0. The minimum Gasteiger partial charge on any atom is -0.508 e. The molecule has 3 aromatic rings. The molecule has 0 aliphatic heterocycles. The van der Waals surface area contributed by atoms with Crippen LogP contribution in [0.3, 0.4) is 0 Å². The fourth-order valence-corrected chi connectivity index (χ4v) is 2.17. The minimum absolute atomic E-state index is 0.00290. The van der Waals surface area contributed by atoms with Gasteiger partial charge in [-0.15, -0.1) is 0 Å². The summed E-state index contributed by atoms with van der Waals surface area (Å²) in [6.45, 7) is 3.48. The first-order chi connectivity index (χ1) is 11.1. The summed E-state index contributed by atoms with van der Waals surface area (Å²) in [5.74, 6) is 0.593. The summed E-state index contributed by atoms with van der Waals surface area (Å²) in [5, 5.41) is 23.6. The van der Waals surface area contributed by atoms with Crippen LogP contribution >= 0.6 is 0 Å². The molecule has 0 aliphatic rings. The first-order valence-corrected chi connectivity index (χ1v) is 7.10. The fraction of sp³-hybridized carbons (Fsp3) is 0.118. The van der Waals surface area contributed by atoms with Gasteiger partial charge in [0.2, 0.25) is 0 Å². The Morgan fingerprint density at radius 2 is 1.70 bits per heavy atom. The summed E-state index contributed by atoms with van der Waals surface area (Å²) in [6, 6.07) is 10.7. The molecule has 6 heteroatoms. The van der Waals surface area contributed by atoms with Gasteiger partial charge in [0, 0.05) is 11.1 Å². The lowest BCUT2D eigenvalue weighted by molar-refractivity contribution is 0.443. The number of fused-ring (bicyclic) bond motifs is 1. The van der Waals surface area contributed by atoms with Crippen LogP contribution in [0.1, 0.15) is 16.8 Å². The Morgan fingerprint density at radius 1 is 1.00 bits per heavy atom. The molecule has 6 nitrogen and oxygen atoms in total. The molecule has 1 heterocycles. The van der Waals surface area contributed by atoms with Gasteiger partial charge in [-0.2, -0.15) is 5.10 Å². The molecule has 0 amide bonds. The minimum atomic E-state index is -0.00290. The number of nitrogens with zero attached hydrogens (tertiary/aromatic N) is 3. The molecule has 2 aromatic carbocycles. The molecule has 0 saturated heterocycles. The van der Waals surface area contributed by atoms with E-state index >= 15 is 0 Å². The molecule has 1 aromatic heterocycles. The fourth-order valence-electron chi connectivity index (χ4n) is 2.17. The van der Waals surface area contributed by atoms with Gasteiger partial charge in [-0.25, -0.2) is 9.97 Å². The highest BCUT2D eigenvalue weighted by Crippen LogP contribution is 2.28. The summed E-state index contributed by atoms with van der Waals surface area (Å²) in [4.78, 5) is 8.93. The average Bonchev–Trinajstić information content (AvgIpc) is 2.55. The van der Waals surface area contributed by atoms with Crippen LogP contribution in [0.5, 0.6) is 11.5 Å². The van der Waals surface area contributed by atoms with Crippen molar-refractivity contribution in [1.82, 2.24) is 9.97 Å². The van der Waals surface area contributed by atoms with Crippen LogP contribution in [0.4, 0.5) is 5.82 Å². The van der Waals surface area contributed by atoms with Crippen molar-refractivity contribution in [1.29, 1.82) is 0 Å². The summed E-state index contributed by atoms with van der Waals surface area (Å²) in [6.07, 6.45) is 1.47. The monoisotopic (exact) mass is 308 g/mol. The van der Waals surface area contributed by atoms with Crippen molar-refractivity contribution in [3.05, 3.63) is 53.2 Å². The maximum absolute atomic E-state index is 9.96. The van der Waals surface area contributed by atoms with E-state index in [1.165, 1.54) is 12.3 Å². The number of aryl methyl sites for hydroxylation is 1. The first-order valence-electron chi connectivity index (χ1n) is 7.10. The molecular weight excluding hydrogens is 292 g/mol. The van der Waals surface area contributed by atoms with Crippen LogP contribution in [0.2, 0.25) is 0 Å². The normalized spacial score (nSPS) is 11.2. The number of anilines is 1. The zero-order valence-corrected chi connectivity index (χ0v) is 12.8. The van der Waals surface area contributed by atoms with Crippen molar-refractivity contribution in [2.45, 2.75) is 13.8 Å². The number of aromatic hydroxyl groups is 2. The van der Waals surface area contributed by atoms with Crippen LogP contribution in [0.15, 0.2) is 41.5 Å². The number of rotatable bonds is 3. The van der Waals surface area contributed by atoms with Gasteiger partial charge in [0.25, 0.3) is 0 Å². The van der Waals surface area contributed by atoms with Gasteiger partial charge in [-0.1, -0.05) is 12.1 Å². The van der Waals surface area contributed by atoms with E-state index in [-0.39, 0.29) is 11.5 Å². The van der Waals surface area contributed by atoms with E-state index in [9.17, 15) is 10.2 Å². The maximum atomic E-state index is 9.96. The molecule has 0 radical (unpaired) electrons. The predicted octanol–water partition coefficient (Wildman–Crippen LogP) is 3.10. The third-order valence-electron chi connectivity index (χ3n) is 3.55. The molecule has 3 N–H and O–H groups in total. The molecule has 0 spiro atoms. The van der Waals surface area contributed by atoms with Gasteiger partial charge in [-0.3, -0.25) is 5.43 Å². The molecule has 23 heavy (non-hydrogen) atoms. The molecular formula is C17H16N4O2. The summed E-state index contributed by atoms with van der Waals surface area (Å²) < 4.78 is 0. The SMILES string of the molecule is Cc1nc2ccccc2nc1NN=Cc1ccc(O)c(C)c1O. The van der Waals surface area contributed by atoms with Gasteiger partial charge in [0.05, 0.1) is 22.9 Å². The Labute approximate surface area is 133 Å². The lowest BCUT2D eigenvalue weighted by Crippen LogP contribution is -1.99. The van der Waals surface area contributed by atoms with Crippen LogP contribution in [0.25, 0.3) is 11.0 Å². The van der Waals surface area contributed by atoms with E-state index < -0.39 is 0 Å². The molecule has 3 rings (SSSR count). The Bertz CT molecular complexity index is 906. The Morgan fingerprint density at radius 3 is 2.43 bits per heavy atom. The molecule has 0 unspecified atom stereocenters. The zero-order valence-electron chi connectivity index (χ0n) is 12.8. The second-order valence-corrected chi connectivity index (χ2v) is 5.16. The number of benzene rings is 2. The zero-order chi connectivity index (χ0) is 16.4. The molecule has 0 saturated carbocycles. The average molecular weight is 308 g/mol. The van der Waals surface area contributed by atoms with E-state index in [1.54, 1.807) is 13.0 Å². The number of phenols is 2. The summed E-state index contributed by atoms with van der Waals surface area (Å²) in [5.41, 5.74) is 6.08. The van der Waals surface area contributed by atoms with Crippen molar-refractivity contribution >= 4 is 23.1 Å². The van der Waals surface area contributed by atoms with E-state index in [0.717, 1.165) is 16.7 Å². The highest BCUT2D eigenvalue weighted by atomic mass is 16.3. The quantitative estimate of drug-likeness (QED) is 0.511. The number of hydrazone groups is 1. The van der Waals surface area contributed by atoms with Crippen molar-refractivity contribution in [3.8, 4) is 11.5 Å². The molecule has 0 bridgehead atoms. The number of hydrogen-bond acceptors (Lipinski definition) is 6. The van der Waals surface area contributed by atoms with Gasteiger partial charge >= 0.3 is 0 Å². The Kier molecular flexibility index (Phi) is 3.80. The molecule has 0 atom stereocenters. The third-order valence-corrected chi connectivity index (χ3v) is 3.55. The second kappa shape index (κ2) is 5.92. The summed E-state index contributed by atoms with van der Waals surface area (Å²) >= 11 is 0. The van der Waals surface area contributed by atoms with E-state index in [2.05, 4.69) is 20.5 Å². The standard InChI is InChI=1S/C17H16N4O2/c1-10-15(22)8-7-12(16(10)23)9-18-21-17-11(2)19-13-5-3-4-6-14(13)20-17/h3-9,22-23H,1-2H3,(H,20,21). The van der Waals surface area contributed by atoms with Gasteiger partial charge in [0.15, 0.2) is 5.82 Å². The van der Waals surface area contributed by atoms with Crippen molar-refractivity contribution < 1.29 is 10.2 Å². The van der Waals surface area contributed by atoms with E-state index in [4.69, 9.17) is 0 Å². The highest BCUT2D eigenvalue weighted by molar-refractivity contribution is 5.85. The lowest BCUT2D eigenvalue weighted by atomic mass is 10.1. The number of nitrogens with one attached hydrogen (secondary N) is 1. The second-order valence-electron chi connectivity index (χ2n) is 5.16. The van der Waals surface area contributed by atoms with Crippen molar-refractivity contribution in [2.24, 2.45) is 5.10 Å². The Hall–Kier alpha value is -3.15. The predicted molar refractivity (Wildman–Crippen MR) is 90.0 cm³/mol. The largest absolute Gasteiger partial charge is 0.508 e. The number of phenolic OH excluding ortho intramolecular Hbond substituents is 2.